The van der Waals surface area contributed by atoms with Crippen molar-refractivity contribution in [1.82, 2.24) is 0 Å². The largest absolute Gasteiger partial charge is 0.393 e. The highest BCUT2D eigenvalue weighted by Gasteiger charge is 2.29. The van der Waals surface area contributed by atoms with Crippen LogP contribution in [-0.4, -0.2) is 29.4 Å². The fourth-order valence-electron chi connectivity index (χ4n) is 2.59. The second kappa shape index (κ2) is 5.24. The average Bonchev–Trinajstić information content (AvgIpc) is 2.77. The number of anilines is 1. The van der Waals surface area contributed by atoms with Crippen molar-refractivity contribution in [1.29, 1.82) is 0 Å². The molecule has 18 heavy (non-hydrogen) atoms. The van der Waals surface area contributed by atoms with Gasteiger partial charge in [0.25, 0.3) is 0 Å². The molecule has 0 spiro atoms. The molecule has 0 aliphatic carbocycles. The van der Waals surface area contributed by atoms with Gasteiger partial charge >= 0.3 is 0 Å². The monoisotopic (exact) mass is 253 g/mol. The van der Waals surface area contributed by atoms with Crippen LogP contribution < -0.4 is 4.90 Å². The van der Waals surface area contributed by atoms with Crippen LogP contribution in [0.25, 0.3) is 0 Å². The highest BCUT2D eigenvalue weighted by atomic mass is 19.1. The first kappa shape index (κ1) is 13.3. The Kier molecular flexibility index (Phi) is 3.88. The van der Waals surface area contributed by atoms with Gasteiger partial charge < -0.3 is 15.1 Å². The molecule has 1 saturated heterocycles. The summed E-state index contributed by atoms with van der Waals surface area (Å²) in [6.45, 7) is 4.76. The first-order valence-corrected chi connectivity index (χ1v) is 6.40. The summed E-state index contributed by atoms with van der Waals surface area (Å²) in [5.41, 5.74) is 1.09. The predicted octanol–water partition coefficient (Wildman–Crippen LogP) is 2.09. The molecule has 1 aromatic rings. The second-order valence-corrected chi connectivity index (χ2v) is 5.09. The fourth-order valence-corrected chi connectivity index (χ4v) is 2.59. The molecule has 0 saturated carbocycles. The van der Waals surface area contributed by atoms with E-state index in [9.17, 15) is 14.6 Å². The summed E-state index contributed by atoms with van der Waals surface area (Å²) in [5.74, 6) is -0.133. The summed E-state index contributed by atoms with van der Waals surface area (Å²) in [6.07, 6.45) is -0.219. The number of hydrogen-bond acceptors (Lipinski definition) is 3. The average molecular weight is 253 g/mol. The minimum atomic E-state index is -0.693. The lowest BCUT2D eigenvalue weighted by molar-refractivity contribution is 0.136. The van der Waals surface area contributed by atoms with E-state index >= 15 is 0 Å². The molecule has 1 aliphatic heterocycles. The van der Waals surface area contributed by atoms with Crippen molar-refractivity contribution < 1.29 is 14.6 Å². The van der Waals surface area contributed by atoms with Crippen LogP contribution in [0.4, 0.5) is 10.1 Å². The molecule has 1 fully saturated rings. The second-order valence-electron chi connectivity index (χ2n) is 5.09. The lowest BCUT2D eigenvalue weighted by Crippen LogP contribution is -2.25. The Balaban J connectivity index is 2.29. The number of nitrogens with zero attached hydrogens (tertiary/aromatic N) is 1. The third-order valence-electron chi connectivity index (χ3n) is 3.69. The molecule has 4 heteroatoms. The van der Waals surface area contributed by atoms with E-state index in [1.165, 1.54) is 6.07 Å². The van der Waals surface area contributed by atoms with Gasteiger partial charge in [0.15, 0.2) is 0 Å². The van der Waals surface area contributed by atoms with E-state index < -0.39 is 6.10 Å². The van der Waals surface area contributed by atoms with Crippen LogP contribution in [0.1, 0.15) is 31.9 Å². The third kappa shape index (κ3) is 2.49. The smallest absolute Gasteiger partial charge is 0.146 e. The van der Waals surface area contributed by atoms with Gasteiger partial charge in [-0.3, -0.25) is 0 Å². The maximum Gasteiger partial charge on any atom is 0.146 e. The van der Waals surface area contributed by atoms with Gasteiger partial charge in [-0.1, -0.05) is 12.1 Å². The van der Waals surface area contributed by atoms with Crippen molar-refractivity contribution in [3.63, 3.8) is 0 Å². The van der Waals surface area contributed by atoms with Crippen LogP contribution in [0.2, 0.25) is 0 Å². The van der Waals surface area contributed by atoms with Crippen LogP contribution in [-0.2, 0) is 0 Å². The van der Waals surface area contributed by atoms with Crippen molar-refractivity contribution in [2.45, 2.75) is 32.5 Å². The summed E-state index contributed by atoms with van der Waals surface area (Å²) in [4.78, 5) is 1.93. The van der Waals surface area contributed by atoms with E-state index in [1.807, 2.05) is 4.90 Å². The molecule has 2 unspecified atom stereocenters. The SMILES string of the molecule is CC(O)C1CCN(c2c(F)cccc2[C@H](C)O)C1. The van der Waals surface area contributed by atoms with E-state index in [1.54, 1.807) is 26.0 Å². The third-order valence-corrected chi connectivity index (χ3v) is 3.69. The van der Waals surface area contributed by atoms with Crippen molar-refractivity contribution in [2.24, 2.45) is 5.92 Å². The number of aliphatic hydroxyl groups excluding tert-OH is 2. The molecule has 3 nitrogen and oxygen atoms in total. The number of aliphatic hydroxyl groups is 2. The summed E-state index contributed by atoms with van der Waals surface area (Å²) >= 11 is 0. The first-order valence-electron chi connectivity index (χ1n) is 6.40. The van der Waals surface area contributed by atoms with E-state index in [-0.39, 0.29) is 17.8 Å². The number of halogens is 1. The zero-order valence-electron chi connectivity index (χ0n) is 10.8. The number of rotatable bonds is 3. The minimum absolute atomic E-state index is 0.173. The maximum absolute atomic E-state index is 14.0. The van der Waals surface area contributed by atoms with Gasteiger partial charge in [-0.25, -0.2) is 4.39 Å². The highest BCUT2D eigenvalue weighted by Crippen LogP contribution is 2.33. The minimum Gasteiger partial charge on any atom is -0.393 e. The zero-order valence-corrected chi connectivity index (χ0v) is 10.8. The van der Waals surface area contributed by atoms with Crippen molar-refractivity contribution >= 4 is 5.69 Å². The molecular formula is C14H20FNO2. The standard InChI is InChI=1S/C14H20FNO2/c1-9(17)11-6-7-16(8-11)14-12(10(2)18)4-3-5-13(14)15/h3-5,9-11,17-18H,6-8H2,1-2H3/t9?,10-,11?/m0/s1. The van der Waals surface area contributed by atoms with E-state index in [0.29, 0.717) is 17.8 Å². The van der Waals surface area contributed by atoms with E-state index in [0.717, 1.165) is 13.0 Å². The van der Waals surface area contributed by atoms with Crippen LogP contribution >= 0.6 is 0 Å². The Bertz CT molecular complexity index is 420. The first-order chi connectivity index (χ1) is 8.50. The summed E-state index contributed by atoms with van der Waals surface area (Å²) in [5, 5.41) is 19.3. The van der Waals surface area contributed by atoms with E-state index in [4.69, 9.17) is 0 Å². The quantitative estimate of drug-likeness (QED) is 0.867. The van der Waals surface area contributed by atoms with Gasteiger partial charge in [-0.2, -0.15) is 0 Å². The molecule has 3 atom stereocenters. The summed E-state index contributed by atoms with van der Waals surface area (Å²) in [7, 11) is 0. The van der Waals surface area contributed by atoms with Crippen molar-refractivity contribution in [3.05, 3.63) is 29.6 Å². The molecular weight excluding hydrogens is 233 g/mol. The summed E-state index contributed by atoms with van der Waals surface area (Å²) in [6, 6.07) is 4.78. The van der Waals surface area contributed by atoms with Crippen LogP contribution in [0.5, 0.6) is 0 Å². The normalized spacial score (nSPS) is 23.2. The molecule has 2 N–H and O–H groups in total. The number of para-hydroxylation sites is 1. The summed E-state index contributed by atoms with van der Waals surface area (Å²) < 4.78 is 14.0. The molecule has 2 rings (SSSR count). The molecule has 0 radical (unpaired) electrons. The van der Waals surface area contributed by atoms with Crippen LogP contribution in [0, 0.1) is 11.7 Å². The van der Waals surface area contributed by atoms with Crippen LogP contribution in [0.15, 0.2) is 18.2 Å². The molecule has 0 amide bonds. The van der Waals surface area contributed by atoms with Crippen LogP contribution in [0.3, 0.4) is 0 Å². The lowest BCUT2D eigenvalue weighted by atomic mass is 10.0. The Labute approximate surface area is 107 Å². The lowest BCUT2D eigenvalue weighted by Gasteiger charge is -2.24. The maximum atomic E-state index is 14.0. The highest BCUT2D eigenvalue weighted by molar-refractivity contribution is 5.56. The molecule has 0 bridgehead atoms. The zero-order chi connectivity index (χ0) is 13.3. The van der Waals surface area contributed by atoms with Gasteiger partial charge in [0, 0.05) is 24.6 Å². The molecule has 1 heterocycles. The Morgan fingerprint density at radius 2 is 2.06 bits per heavy atom. The van der Waals surface area contributed by atoms with Gasteiger partial charge in [0.05, 0.1) is 17.9 Å². The van der Waals surface area contributed by atoms with Crippen molar-refractivity contribution in [2.75, 3.05) is 18.0 Å². The van der Waals surface area contributed by atoms with Gasteiger partial charge in [-0.05, 0) is 26.3 Å². The topological polar surface area (TPSA) is 43.7 Å². The van der Waals surface area contributed by atoms with Crippen molar-refractivity contribution in [3.8, 4) is 0 Å². The fraction of sp³-hybridized carbons (Fsp3) is 0.571. The number of benzene rings is 1. The Hall–Kier alpha value is -1.13. The van der Waals surface area contributed by atoms with Gasteiger partial charge in [0.2, 0.25) is 0 Å². The van der Waals surface area contributed by atoms with E-state index in [2.05, 4.69) is 0 Å². The molecule has 1 aliphatic rings. The molecule has 1 aromatic carbocycles. The number of hydrogen-bond donors (Lipinski definition) is 2. The Morgan fingerprint density at radius 3 is 2.61 bits per heavy atom. The van der Waals surface area contributed by atoms with Gasteiger partial charge in [0.1, 0.15) is 5.82 Å². The molecule has 100 valence electrons. The van der Waals surface area contributed by atoms with Gasteiger partial charge in [-0.15, -0.1) is 0 Å². The predicted molar refractivity (Wildman–Crippen MR) is 69.0 cm³/mol. The molecule has 0 aromatic heterocycles. The Morgan fingerprint density at radius 1 is 1.33 bits per heavy atom.